The van der Waals surface area contributed by atoms with E-state index >= 15 is 0 Å². The highest BCUT2D eigenvalue weighted by Crippen LogP contribution is 2.41. The van der Waals surface area contributed by atoms with E-state index < -0.39 is 23.7 Å². The first-order valence-electron chi connectivity index (χ1n) is 10.1. The molecule has 0 saturated carbocycles. The van der Waals surface area contributed by atoms with Crippen LogP contribution in [0.2, 0.25) is 5.02 Å². The van der Waals surface area contributed by atoms with E-state index in [1.54, 1.807) is 56.3 Å². The van der Waals surface area contributed by atoms with Crippen molar-refractivity contribution in [3.8, 4) is 11.5 Å². The zero-order chi connectivity index (χ0) is 23.7. The Labute approximate surface area is 194 Å². The van der Waals surface area contributed by atoms with Crippen LogP contribution in [0.5, 0.6) is 11.5 Å². The molecule has 4 rings (SSSR count). The Morgan fingerprint density at radius 2 is 1.58 bits per heavy atom. The van der Waals surface area contributed by atoms with Crippen molar-refractivity contribution in [1.29, 1.82) is 0 Å². The minimum absolute atomic E-state index is 0.174. The van der Waals surface area contributed by atoms with E-state index in [0.29, 0.717) is 17.0 Å². The smallest absolute Gasteiger partial charge is 0.345 e. The average molecular weight is 469 g/mol. The molecule has 2 heterocycles. The van der Waals surface area contributed by atoms with Crippen LogP contribution >= 0.6 is 11.6 Å². The number of methoxy groups -OCH3 is 1. The van der Waals surface area contributed by atoms with E-state index in [1.165, 1.54) is 7.11 Å². The fraction of sp³-hybridized carbons (Fsp3) is 0.261. The van der Waals surface area contributed by atoms with Crippen molar-refractivity contribution in [1.82, 2.24) is 10.9 Å². The fourth-order valence-corrected chi connectivity index (χ4v) is 4.34. The van der Waals surface area contributed by atoms with Gasteiger partial charge in [-0.3, -0.25) is 9.59 Å². The van der Waals surface area contributed by atoms with Gasteiger partial charge < -0.3 is 9.47 Å². The maximum Gasteiger partial charge on any atom is 0.345 e. The number of benzene rings is 2. The molecule has 33 heavy (non-hydrogen) atoms. The number of esters is 1. The molecule has 2 aromatic carbocycles. The quantitative estimate of drug-likeness (QED) is 0.499. The van der Waals surface area contributed by atoms with Gasteiger partial charge in [0.2, 0.25) is 11.8 Å². The van der Waals surface area contributed by atoms with Gasteiger partial charge in [0.15, 0.2) is 11.5 Å². The van der Waals surface area contributed by atoms with Crippen LogP contribution in [0.4, 0.5) is 0 Å². The van der Waals surface area contributed by atoms with E-state index in [-0.39, 0.29) is 33.9 Å². The van der Waals surface area contributed by atoms with Gasteiger partial charge in [-0.2, -0.15) is 10.2 Å². The summed E-state index contributed by atoms with van der Waals surface area (Å²) in [6.07, 6.45) is 0. The van der Waals surface area contributed by atoms with Gasteiger partial charge in [0.05, 0.1) is 29.5 Å². The molecule has 0 bridgehead atoms. The summed E-state index contributed by atoms with van der Waals surface area (Å²) >= 11 is 6.10. The van der Waals surface area contributed by atoms with Crippen molar-refractivity contribution in [2.45, 2.75) is 19.8 Å². The first kappa shape index (κ1) is 22.5. The Morgan fingerprint density at radius 3 is 2.09 bits per heavy atom. The number of hydrogen-bond donors (Lipinski definition) is 2. The Bertz CT molecular complexity index is 1170. The van der Waals surface area contributed by atoms with Crippen molar-refractivity contribution in [3.63, 3.8) is 0 Å². The lowest BCUT2D eigenvalue weighted by molar-refractivity contribution is -0.125. The van der Waals surface area contributed by atoms with E-state index in [1.807, 2.05) is 0 Å². The monoisotopic (exact) mass is 468 g/mol. The summed E-state index contributed by atoms with van der Waals surface area (Å²) in [6.45, 7) is 3.46. The summed E-state index contributed by atoms with van der Waals surface area (Å²) < 4.78 is 11.0. The summed E-state index contributed by atoms with van der Waals surface area (Å²) in [5, 5.41) is 8.35. The van der Waals surface area contributed by atoms with Gasteiger partial charge in [0, 0.05) is 17.3 Å². The third-order valence-electron chi connectivity index (χ3n) is 5.74. The number of nitrogens with one attached hydrogen (secondary N) is 2. The predicted molar refractivity (Wildman–Crippen MR) is 122 cm³/mol. The van der Waals surface area contributed by atoms with Crippen LogP contribution in [0.3, 0.4) is 0 Å². The van der Waals surface area contributed by atoms with Crippen LogP contribution in [0.15, 0.2) is 52.7 Å². The normalized spacial score (nSPS) is 20.5. The Balaban J connectivity index is 1.72. The molecule has 2 aliphatic rings. The van der Waals surface area contributed by atoms with Crippen molar-refractivity contribution in [2.75, 3.05) is 7.11 Å². The van der Waals surface area contributed by atoms with Gasteiger partial charge in [0.1, 0.15) is 0 Å². The van der Waals surface area contributed by atoms with E-state index in [4.69, 9.17) is 21.1 Å². The van der Waals surface area contributed by atoms with Crippen LogP contribution in [0.1, 0.15) is 35.7 Å². The number of ether oxygens (including phenoxy) is 2. The Hall–Kier alpha value is -3.72. The number of nitrogens with zero attached hydrogens (tertiary/aromatic N) is 2. The summed E-state index contributed by atoms with van der Waals surface area (Å²) in [7, 11) is 1.44. The third-order valence-corrected chi connectivity index (χ3v) is 6.07. The average Bonchev–Trinajstić information content (AvgIpc) is 3.31. The summed E-state index contributed by atoms with van der Waals surface area (Å²) in [5.41, 5.74) is 6.93. The number of hydrazone groups is 2. The number of carbonyl (C=O) groups is 3. The number of amides is 2. The minimum atomic E-state index is -0.676. The number of rotatable bonds is 6. The maximum absolute atomic E-state index is 12.6. The molecule has 0 spiro atoms. The van der Waals surface area contributed by atoms with Crippen molar-refractivity contribution >= 4 is 40.8 Å². The second-order valence-electron chi connectivity index (χ2n) is 7.72. The van der Waals surface area contributed by atoms with Crippen LogP contribution < -0.4 is 20.3 Å². The van der Waals surface area contributed by atoms with E-state index in [2.05, 4.69) is 21.1 Å². The van der Waals surface area contributed by atoms with Crippen LogP contribution in [-0.2, 0) is 9.59 Å². The third kappa shape index (κ3) is 4.19. The second-order valence-corrected chi connectivity index (χ2v) is 8.13. The fourth-order valence-electron chi connectivity index (χ4n) is 4.12. The molecule has 0 fully saturated rings. The SMILES string of the molecule is COc1cc(C(C2C(=O)NN=C2C)C2C(=O)NN=C2C)ccc1OC(=O)c1ccccc1Cl. The molecule has 0 aromatic heterocycles. The summed E-state index contributed by atoms with van der Waals surface area (Å²) in [5.74, 6) is -2.76. The molecular weight excluding hydrogens is 448 g/mol. The lowest BCUT2D eigenvalue weighted by Crippen LogP contribution is -2.38. The maximum atomic E-state index is 12.6. The number of carbonyl (C=O) groups excluding carboxylic acids is 3. The highest BCUT2D eigenvalue weighted by Gasteiger charge is 2.46. The molecule has 2 N–H and O–H groups in total. The molecule has 2 amide bonds. The lowest BCUT2D eigenvalue weighted by atomic mass is 9.73. The topological polar surface area (TPSA) is 118 Å². The molecule has 10 heteroatoms. The first-order chi connectivity index (χ1) is 15.8. The van der Waals surface area contributed by atoms with Gasteiger partial charge in [-0.05, 0) is 43.7 Å². The molecule has 2 atom stereocenters. The Morgan fingerprint density at radius 1 is 0.970 bits per heavy atom. The molecule has 2 aliphatic heterocycles. The highest BCUT2D eigenvalue weighted by atomic mass is 35.5. The van der Waals surface area contributed by atoms with Crippen molar-refractivity contribution < 1.29 is 23.9 Å². The van der Waals surface area contributed by atoms with Crippen molar-refractivity contribution in [3.05, 3.63) is 58.6 Å². The van der Waals surface area contributed by atoms with Crippen LogP contribution in [-0.4, -0.2) is 36.3 Å². The molecule has 170 valence electrons. The van der Waals surface area contributed by atoms with Gasteiger partial charge in [-0.15, -0.1) is 0 Å². The zero-order valence-electron chi connectivity index (χ0n) is 18.1. The van der Waals surface area contributed by atoms with E-state index in [0.717, 1.165) is 0 Å². The largest absolute Gasteiger partial charge is 0.493 e. The molecule has 2 unspecified atom stereocenters. The van der Waals surface area contributed by atoms with E-state index in [9.17, 15) is 14.4 Å². The highest BCUT2D eigenvalue weighted by molar-refractivity contribution is 6.33. The standard InChI is InChI=1S/C23H21ClN4O5/c1-11-18(21(29)27-25-11)20(19-12(2)26-28-22(19)30)13-8-9-16(17(10-13)32-3)33-23(31)14-6-4-5-7-15(14)24/h4-10,18-20H,1-3H3,(H,27,29)(H,28,30). The van der Waals surface area contributed by atoms with Gasteiger partial charge in [0.25, 0.3) is 0 Å². The van der Waals surface area contributed by atoms with Crippen molar-refractivity contribution in [2.24, 2.45) is 22.0 Å². The Kier molecular flexibility index (Phi) is 6.15. The zero-order valence-corrected chi connectivity index (χ0v) is 18.8. The van der Waals surface area contributed by atoms with Crippen LogP contribution in [0.25, 0.3) is 0 Å². The summed E-state index contributed by atoms with van der Waals surface area (Å²) in [6, 6.07) is 11.5. The lowest BCUT2D eigenvalue weighted by Gasteiger charge is -2.27. The minimum Gasteiger partial charge on any atom is -0.493 e. The van der Waals surface area contributed by atoms with Crippen LogP contribution in [0, 0.1) is 11.8 Å². The predicted octanol–water partition coefficient (Wildman–Crippen LogP) is 2.90. The second kappa shape index (κ2) is 9.03. The molecule has 9 nitrogen and oxygen atoms in total. The number of halogens is 1. The van der Waals surface area contributed by atoms with Gasteiger partial charge in [-0.25, -0.2) is 15.6 Å². The number of hydrogen-bond acceptors (Lipinski definition) is 7. The van der Waals surface area contributed by atoms with Gasteiger partial charge in [-0.1, -0.05) is 29.8 Å². The first-order valence-corrected chi connectivity index (χ1v) is 10.5. The molecule has 0 radical (unpaired) electrons. The summed E-state index contributed by atoms with van der Waals surface area (Å²) in [4.78, 5) is 37.8. The molecule has 0 saturated heterocycles. The molecule has 0 aliphatic carbocycles. The molecular formula is C23H21ClN4O5. The molecule has 2 aromatic rings. The van der Waals surface area contributed by atoms with Gasteiger partial charge >= 0.3 is 5.97 Å².